The Labute approximate surface area is 150 Å². The minimum atomic E-state index is -0.560. The van der Waals surface area contributed by atoms with Crippen LogP contribution in [0.1, 0.15) is 39.4 Å². The van der Waals surface area contributed by atoms with E-state index in [9.17, 15) is 14.0 Å². The average Bonchev–Trinajstić information content (AvgIpc) is 3.05. The largest absolute Gasteiger partial charge is 0.437 e. The van der Waals surface area contributed by atoms with Crippen LogP contribution in [0, 0.1) is 5.82 Å². The summed E-state index contributed by atoms with van der Waals surface area (Å²) in [4.78, 5) is 30.4. The van der Waals surface area contributed by atoms with Crippen LogP contribution in [0.3, 0.4) is 0 Å². The quantitative estimate of drug-likeness (QED) is 0.877. The number of fused-ring (bicyclic) bond motifs is 1. The van der Waals surface area contributed by atoms with Crippen molar-refractivity contribution in [2.75, 3.05) is 20.3 Å². The van der Waals surface area contributed by atoms with Crippen molar-refractivity contribution in [3.63, 3.8) is 0 Å². The molecule has 0 fully saturated rings. The van der Waals surface area contributed by atoms with Crippen LogP contribution in [0.4, 0.5) is 4.39 Å². The van der Waals surface area contributed by atoms with Gasteiger partial charge in [0.1, 0.15) is 17.3 Å². The maximum Gasteiger partial charge on any atom is 0.307 e. The predicted octanol–water partition coefficient (Wildman–Crippen LogP) is 1.78. The highest BCUT2D eigenvalue weighted by molar-refractivity contribution is 5.94. The van der Waals surface area contributed by atoms with E-state index in [0.29, 0.717) is 31.0 Å². The van der Waals surface area contributed by atoms with Crippen molar-refractivity contribution in [2.24, 2.45) is 0 Å². The monoisotopic (exact) mass is 361 g/mol. The molecule has 0 saturated heterocycles. The number of oxazole rings is 1. The zero-order valence-corrected chi connectivity index (χ0v) is 14.6. The molecule has 0 aliphatic carbocycles. The molecule has 0 unspecified atom stereocenters. The summed E-state index contributed by atoms with van der Waals surface area (Å²) in [5.41, 5.74) is 0.538. The Kier molecular flexibility index (Phi) is 5.32. The molecule has 0 radical (unpaired) electrons. The minimum Gasteiger partial charge on any atom is -0.437 e. The van der Waals surface area contributed by atoms with Crippen LogP contribution >= 0.6 is 0 Å². The van der Waals surface area contributed by atoms with Crippen molar-refractivity contribution in [1.82, 2.24) is 15.2 Å². The Balaban J connectivity index is 1.71. The minimum absolute atomic E-state index is 0.0193. The molecule has 1 atom stereocenters. The van der Waals surface area contributed by atoms with Crippen LogP contribution < -0.4 is 5.32 Å². The lowest BCUT2D eigenvalue weighted by molar-refractivity contribution is 0.0722. The van der Waals surface area contributed by atoms with Crippen LogP contribution in [0.2, 0.25) is 0 Å². The Morgan fingerprint density at radius 2 is 2.19 bits per heavy atom. The second kappa shape index (κ2) is 7.65. The number of benzene rings is 1. The van der Waals surface area contributed by atoms with Gasteiger partial charge in [0.05, 0.1) is 18.7 Å². The molecule has 1 aromatic carbocycles. The molecule has 1 N–H and O–H groups in total. The van der Waals surface area contributed by atoms with Crippen LogP contribution in [0.15, 0.2) is 28.7 Å². The molecule has 3 rings (SSSR count). The number of ether oxygens (including phenoxy) is 1. The molecule has 0 saturated carbocycles. The van der Waals surface area contributed by atoms with Gasteiger partial charge in [0.25, 0.3) is 11.8 Å². The van der Waals surface area contributed by atoms with Gasteiger partial charge in [-0.15, -0.1) is 0 Å². The SMILES string of the molecule is COC[C@H](C)NC(=O)c1nc2c(o1)CCN(C(=O)c1ccccc1F)C2. The average molecular weight is 361 g/mol. The molecular formula is C18H20FN3O4. The van der Waals surface area contributed by atoms with E-state index in [-0.39, 0.29) is 24.0 Å². The van der Waals surface area contributed by atoms with Gasteiger partial charge in [-0.3, -0.25) is 9.59 Å². The number of nitrogens with one attached hydrogen (secondary N) is 1. The summed E-state index contributed by atoms with van der Waals surface area (Å²) in [5, 5.41) is 2.72. The third kappa shape index (κ3) is 3.75. The van der Waals surface area contributed by atoms with E-state index < -0.39 is 17.6 Å². The summed E-state index contributed by atoms with van der Waals surface area (Å²) in [7, 11) is 1.55. The van der Waals surface area contributed by atoms with E-state index in [0.717, 1.165) is 0 Å². The first-order chi connectivity index (χ1) is 12.5. The molecule has 2 heterocycles. The van der Waals surface area contributed by atoms with Gasteiger partial charge < -0.3 is 19.4 Å². The molecule has 0 bridgehead atoms. The molecular weight excluding hydrogens is 341 g/mol. The van der Waals surface area contributed by atoms with Crippen molar-refractivity contribution < 1.29 is 23.1 Å². The molecule has 7 nitrogen and oxygen atoms in total. The van der Waals surface area contributed by atoms with Gasteiger partial charge in [-0.1, -0.05) is 12.1 Å². The molecule has 26 heavy (non-hydrogen) atoms. The van der Waals surface area contributed by atoms with E-state index in [1.165, 1.54) is 23.1 Å². The maximum absolute atomic E-state index is 13.8. The lowest BCUT2D eigenvalue weighted by Crippen LogP contribution is -2.36. The molecule has 2 amide bonds. The molecule has 1 aromatic heterocycles. The highest BCUT2D eigenvalue weighted by Gasteiger charge is 2.29. The Morgan fingerprint density at radius 3 is 2.92 bits per heavy atom. The first-order valence-corrected chi connectivity index (χ1v) is 8.31. The zero-order chi connectivity index (χ0) is 18.7. The first-order valence-electron chi connectivity index (χ1n) is 8.31. The summed E-state index contributed by atoms with van der Waals surface area (Å²) in [6.45, 7) is 2.72. The fourth-order valence-electron chi connectivity index (χ4n) is 2.85. The number of aromatic nitrogens is 1. The van der Waals surface area contributed by atoms with Gasteiger partial charge in [0.2, 0.25) is 0 Å². The standard InChI is InChI=1S/C18H20FN3O4/c1-11(10-25-2)20-16(23)17-21-14-9-22(8-7-15(14)26-17)18(24)12-5-3-4-6-13(12)19/h3-6,11H,7-10H2,1-2H3,(H,20,23)/t11-/m0/s1. The normalized spacial score (nSPS) is 14.7. The van der Waals surface area contributed by atoms with Gasteiger partial charge in [0, 0.05) is 26.1 Å². The Morgan fingerprint density at radius 1 is 1.42 bits per heavy atom. The number of nitrogens with zero attached hydrogens (tertiary/aromatic N) is 2. The van der Waals surface area contributed by atoms with Crippen LogP contribution in [-0.2, 0) is 17.7 Å². The third-order valence-electron chi connectivity index (χ3n) is 4.11. The van der Waals surface area contributed by atoms with E-state index in [1.54, 1.807) is 20.1 Å². The summed E-state index contributed by atoms with van der Waals surface area (Å²) in [6, 6.07) is 5.67. The highest BCUT2D eigenvalue weighted by Crippen LogP contribution is 2.22. The van der Waals surface area contributed by atoms with Crippen molar-refractivity contribution in [3.8, 4) is 0 Å². The van der Waals surface area contributed by atoms with E-state index in [1.807, 2.05) is 0 Å². The van der Waals surface area contributed by atoms with Gasteiger partial charge in [-0.25, -0.2) is 9.37 Å². The number of rotatable bonds is 5. The summed E-state index contributed by atoms with van der Waals surface area (Å²) >= 11 is 0. The predicted molar refractivity (Wildman–Crippen MR) is 90.2 cm³/mol. The van der Waals surface area contributed by atoms with Crippen LogP contribution in [0.5, 0.6) is 0 Å². The number of carbonyl (C=O) groups excluding carboxylic acids is 2. The van der Waals surface area contributed by atoms with Crippen molar-refractivity contribution in [1.29, 1.82) is 0 Å². The van der Waals surface area contributed by atoms with Crippen molar-refractivity contribution in [3.05, 3.63) is 53.0 Å². The topological polar surface area (TPSA) is 84.7 Å². The summed E-state index contributed by atoms with van der Waals surface area (Å²) in [6.07, 6.45) is 0.420. The van der Waals surface area contributed by atoms with Gasteiger partial charge in [0.15, 0.2) is 0 Å². The van der Waals surface area contributed by atoms with Crippen molar-refractivity contribution >= 4 is 11.8 Å². The van der Waals surface area contributed by atoms with Crippen molar-refractivity contribution in [2.45, 2.75) is 25.9 Å². The molecule has 1 aliphatic rings. The van der Waals surface area contributed by atoms with Crippen LogP contribution in [0.25, 0.3) is 0 Å². The number of carbonyl (C=O) groups is 2. The molecule has 8 heteroatoms. The van der Waals surface area contributed by atoms with Gasteiger partial charge in [-0.2, -0.15) is 0 Å². The lowest BCUT2D eigenvalue weighted by Gasteiger charge is -2.25. The number of hydrogen-bond acceptors (Lipinski definition) is 5. The number of methoxy groups -OCH3 is 1. The van der Waals surface area contributed by atoms with E-state index in [2.05, 4.69) is 10.3 Å². The van der Waals surface area contributed by atoms with Crippen LogP contribution in [-0.4, -0.2) is 48.0 Å². The Bertz CT molecular complexity index is 821. The highest BCUT2D eigenvalue weighted by atomic mass is 19.1. The molecule has 138 valence electrons. The fraction of sp³-hybridized carbons (Fsp3) is 0.389. The molecule has 0 spiro atoms. The lowest BCUT2D eigenvalue weighted by atomic mass is 10.1. The fourth-order valence-corrected chi connectivity index (χ4v) is 2.85. The van der Waals surface area contributed by atoms with E-state index in [4.69, 9.17) is 9.15 Å². The number of hydrogen-bond donors (Lipinski definition) is 1. The smallest absolute Gasteiger partial charge is 0.307 e. The van der Waals surface area contributed by atoms with Gasteiger partial charge in [-0.05, 0) is 19.1 Å². The summed E-state index contributed by atoms with van der Waals surface area (Å²) in [5.74, 6) is -0.867. The Hall–Kier alpha value is -2.74. The molecule has 1 aliphatic heterocycles. The first kappa shape index (κ1) is 18.1. The number of amides is 2. The summed E-state index contributed by atoms with van der Waals surface area (Å²) < 4.78 is 24.3. The maximum atomic E-state index is 13.8. The molecule has 2 aromatic rings. The van der Waals surface area contributed by atoms with Gasteiger partial charge >= 0.3 is 5.91 Å². The number of halogens is 1. The van der Waals surface area contributed by atoms with E-state index >= 15 is 0 Å². The second-order valence-electron chi connectivity index (χ2n) is 6.18. The second-order valence-corrected chi connectivity index (χ2v) is 6.18. The third-order valence-corrected chi connectivity index (χ3v) is 4.11. The zero-order valence-electron chi connectivity index (χ0n) is 14.6.